The number of aliphatic imine (C=N–C) groups is 1. The molecule has 0 unspecified atom stereocenters. The zero-order valence-electron chi connectivity index (χ0n) is 14.0. The van der Waals surface area contributed by atoms with Gasteiger partial charge in [-0.25, -0.2) is 9.98 Å². The van der Waals surface area contributed by atoms with Crippen molar-refractivity contribution in [3.8, 4) is 5.88 Å². The lowest BCUT2D eigenvalue weighted by molar-refractivity contribution is 0.397. The molecule has 0 aliphatic rings. The topological polar surface area (TPSA) is 58.5 Å². The molecule has 1 heterocycles. The zero-order valence-corrected chi connectivity index (χ0v) is 17.1. The summed E-state index contributed by atoms with van der Waals surface area (Å²) in [5.74, 6) is 1.45. The van der Waals surface area contributed by atoms with Gasteiger partial charge in [-0.15, -0.1) is 24.0 Å². The number of nitrogens with zero attached hydrogens (tertiary/aromatic N) is 2. The second-order valence-corrected chi connectivity index (χ2v) is 6.73. The quantitative estimate of drug-likeness (QED) is 0.390. The lowest BCUT2D eigenvalue weighted by Crippen LogP contribution is -2.43. The Kier molecular flexibility index (Phi) is 10.6. The number of methoxy groups -OCH3 is 1. The fourth-order valence-electron chi connectivity index (χ4n) is 1.51. The molecule has 0 atom stereocenters. The molecular weight excluding hydrogens is 411 g/mol. The maximum atomic E-state index is 5.05. The molecule has 1 rings (SSSR count). The number of hydrogen-bond acceptors (Lipinski definition) is 4. The van der Waals surface area contributed by atoms with Crippen LogP contribution in [0.1, 0.15) is 26.3 Å². The number of aromatic nitrogens is 1. The second kappa shape index (κ2) is 10.9. The Hall–Kier alpha value is -0.700. The van der Waals surface area contributed by atoms with Gasteiger partial charge in [0.2, 0.25) is 5.88 Å². The van der Waals surface area contributed by atoms with Gasteiger partial charge in [0, 0.05) is 30.1 Å². The zero-order chi connectivity index (χ0) is 15.7. The number of pyridine rings is 1. The summed E-state index contributed by atoms with van der Waals surface area (Å²) in [6.45, 7) is 8.77. The van der Waals surface area contributed by atoms with Gasteiger partial charge in [-0.2, -0.15) is 11.8 Å². The molecule has 0 aromatic carbocycles. The van der Waals surface area contributed by atoms with Crippen LogP contribution in [0.2, 0.25) is 0 Å². The number of rotatable bonds is 7. The summed E-state index contributed by atoms with van der Waals surface area (Å²) in [5, 5.41) is 6.63. The molecule has 22 heavy (non-hydrogen) atoms. The monoisotopic (exact) mass is 438 g/mol. The van der Waals surface area contributed by atoms with Crippen LogP contribution < -0.4 is 15.4 Å². The number of nitrogens with one attached hydrogen (secondary N) is 2. The molecular formula is C15H27IN4OS. The fourth-order valence-corrected chi connectivity index (χ4v) is 1.72. The summed E-state index contributed by atoms with van der Waals surface area (Å²) >= 11 is 1.84. The molecule has 0 bridgehead atoms. The fraction of sp³-hybridized carbons (Fsp3) is 0.600. The molecule has 0 radical (unpaired) electrons. The lowest BCUT2D eigenvalue weighted by Gasteiger charge is -2.23. The van der Waals surface area contributed by atoms with E-state index in [1.807, 2.05) is 23.9 Å². The molecule has 7 heteroatoms. The summed E-state index contributed by atoms with van der Waals surface area (Å²) in [4.78, 5) is 8.76. The van der Waals surface area contributed by atoms with E-state index in [9.17, 15) is 0 Å². The van der Waals surface area contributed by atoms with Crippen molar-refractivity contribution in [2.24, 2.45) is 4.99 Å². The van der Waals surface area contributed by atoms with Crippen LogP contribution in [0.25, 0.3) is 0 Å². The van der Waals surface area contributed by atoms with Crippen molar-refractivity contribution in [2.45, 2.75) is 32.1 Å². The largest absolute Gasteiger partial charge is 0.481 e. The van der Waals surface area contributed by atoms with Crippen LogP contribution in [0.15, 0.2) is 23.3 Å². The van der Waals surface area contributed by atoms with Gasteiger partial charge in [-0.3, -0.25) is 0 Å². The van der Waals surface area contributed by atoms with E-state index in [1.54, 1.807) is 13.3 Å². The standard InChI is InChI=1S/C15H26N4OS.HI/c1-6-16-14(19-11-15(2,3)21-5)18-10-12-7-8-13(20-4)17-9-12;/h7-9H,6,10-11H2,1-5H3,(H2,16,18,19);1H. The highest BCUT2D eigenvalue weighted by atomic mass is 127. The number of guanidine groups is 1. The highest BCUT2D eigenvalue weighted by molar-refractivity contribution is 14.0. The maximum Gasteiger partial charge on any atom is 0.212 e. The van der Waals surface area contributed by atoms with Gasteiger partial charge in [0.15, 0.2) is 5.96 Å². The minimum atomic E-state index is 0. The highest BCUT2D eigenvalue weighted by Crippen LogP contribution is 2.19. The van der Waals surface area contributed by atoms with Crippen molar-refractivity contribution in [1.82, 2.24) is 15.6 Å². The summed E-state index contributed by atoms with van der Waals surface area (Å²) in [6, 6.07) is 3.83. The second-order valence-electron chi connectivity index (χ2n) is 5.22. The molecule has 0 aliphatic carbocycles. The van der Waals surface area contributed by atoms with Gasteiger partial charge < -0.3 is 15.4 Å². The molecule has 0 saturated heterocycles. The van der Waals surface area contributed by atoms with Crippen LogP contribution in [0, 0.1) is 0 Å². The van der Waals surface area contributed by atoms with Crippen molar-refractivity contribution in [2.75, 3.05) is 26.5 Å². The Morgan fingerprint density at radius 3 is 2.59 bits per heavy atom. The Bertz CT molecular complexity index is 451. The molecule has 0 aliphatic heterocycles. The van der Waals surface area contributed by atoms with Crippen LogP contribution in [-0.4, -0.2) is 42.1 Å². The van der Waals surface area contributed by atoms with E-state index in [0.717, 1.165) is 24.6 Å². The first kappa shape index (κ1) is 21.3. The molecule has 0 amide bonds. The summed E-state index contributed by atoms with van der Waals surface area (Å²) in [7, 11) is 1.61. The van der Waals surface area contributed by atoms with Crippen molar-refractivity contribution in [1.29, 1.82) is 0 Å². The molecule has 5 nitrogen and oxygen atoms in total. The molecule has 0 spiro atoms. The van der Waals surface area contributed by atoms with Gasteiger partial charge in [0.25, 0.3) is 0 Å². The third-order valence-corrected chi connectivity index (χ3v) is 4.25. The van der Waals surface area contributed by atoms with E-state index in [1.165, 1.54) is 0 Å². The van der Waals surface area contributed by atoms with Crippen molar-refractivity contribution in [3.05, 3.63) is 23.9 Å². The van der Waals surface area contributed by atoms with Gasteiger partial charge in [0.1, 0.15) is 0 Å². The normalized spacial score (nSPS) is 11.6. The average Bonchev–Trinajstić information content (AvgIpc) is 2.50. The Labute approximate surface area is 155 Å². The lowest BCUT2D eigenvalue weighted by atomic mass is 10.2. The number of halogens is 1. The predicted octanol–water partition coefficient (Wildman–Crippen LogP) is 2.90. The van der Waals surface area contributed by atoms with E-state index in [2.05, 4.69) is 47.6 Å². The highest BCUT2D eigenvalue weighted by Gasteiger charge is 2.15. The molecule has 1 aromatic heterocycles. The van der Waals surface area contributed by atoms with Crippen LogP contribution in [-0.2, 0) is 6.54 Å². The minimum absolute atomic E-state index is 0. The minimum Gasteiger partial charge on any atom is -0.481 e. The third-order valence-electron chi connectivity index (χ3n) is 3.00. The Balaban J connectivity index is 0.00000441. The first-order valence-electron chi connectivity index (χ1n) is 7.07. The molecule has 126 valence electrons. The summed E-state index contributed by atoms with van der Waals surface area (Å²) in [5.41, 5.74) is 1.05. The molecule has 1 aromatic rings. The number of thioether (sulfide) groups is 1. The van der Waals surface area contributed by atoms with E-state index < -0.39 is 0 Å². The Morgan fingerprint density at radius 1 is 1.36 bits per heavy atom. The van der Waals surface area contributed by atoms with E-state index in [4.69, 9.17) is 4.74 Å². The predicted molar refractivity (Wildman–Crippen MR) is 107 cm³/mol. The van der Waals surface area contributed by atoms with Gasteiger partial charge in [0.05, 0.1) is 13.7 Å². The molecule has 2 N–H and O–H groups in total. The van der Waals surface area contributed by atoms with Gasteiger partial charge >= 0.3 is 0 Å². The SMILES string of the molecule is CCNC(=NCc1ccc(OC)nc1)NCC(C)(C)SC.I. The van der Waals surface area contributed by atoms with Crippen LogP contribution in [0.3, 0.4) is 0 Å². The van der Waals surface area contributed by atoms with Crippen LogP contribution in [0.4, 0.5) is 0 Å². The van der Waals surface area contributed by atoms with E-state index in [0.29, 0.717) is 12.4 Å². The molecule has 0 fully saturated rings. The van der Waals surface area contributed by atoms with Gasteiger partial charge in [-0.1, -0.05) is 6.07 Å². The van der Waals surface area contributed by atoms with Crippen LogP contribution in [0.5, 0.6) is 5.88 Å². The summed E-state index contributed by atoms with van der Waals surface area (Å²) < 4.78 is 5.23. The number of ether oxygens (including phenoxy) is 1. The van der Waals surface area contributed by atoms with E-state index in [-0.39, 0.29) is 28.7 Å². The number of hydrogen-bond donors (Lipinski definition) is 2. The molecule has 0 saturated carbocycles. The van der Waals surface area contributed by atoms with Gasteiger partial charge in [-0.05, 0) is 32.6 Å². The Morgan fingerprint density at radius 2 is 2.09 bits per heavy atom. The van der Waals surface area contributed by atoms with Crippen LogP contribution >= 0.6 is 35.7 Å². The van der Waals surface area contributed by atoms with Crippen molar-refractivity contribution in [3.63, 3.8) is 0 Å². The maximum absolute atomic E-state index is 5.05. The first-order chi connectivity index (χ1) is 10.0. The van der Waals surface area contributed by atoms with E-state index >= 15 is 0 Å². The smallest absolute Gasteiger partial charge is 0.212 e. The summed E-state index contributed by atoms with van der Waals surface area (Å²) in [6.07, 6.45) is 3.91. The average molecular weight is 438 g/mol. The van der Waals surface area contributed by atoms with Crippen molar-refractivity contribution >= 4 is 41.7 Å². The van der Waals surface area contributed by atoms with Crippen molar-refractivity contribution < 1.29 is 4.74 Å². The first-order valence-corrected chi connectivity index (χ1v) is 8.29. The third kappa shape index (κ3) is 8.07.